The largest absolute Gasteiger partial charge is 0.493 e. The summed E-state index contributed by atoms with van der Waals surface area (Å²) in [6.07, 6.45) is 0.230. The number of ether oxygens (including phenoxy) is 1. The van der Waals surface area contributed by atoms with Gasteiger partial charge in [-0.1, -0.05) is 22.0 Å². The molecule has 1 aromatic rings. The molecular formula is C9H8BrClO2. The third kappa shape index (κ3) is 4.29. The van der Waals surface area contributed by atoms with Gasteiger partial charge >= 0.3 is 0 Å². The van der Waals surface area contributed by atoms with E-state index in [1.54, 1.807) is 0 Å². The summed E-state index contributed by atoms with van der Waals surface area (Å²) in [6, 6.07) is 7.42. The summed E-state index contributed by atoms with van der Waals surface area (Å²) in [5.74, 6) is 0.729. The van der Waals surface area contributed by atoms with E-state index in [4.69, 9.17) is 16.3 Å². The molecule has 0 heterocycles. The van der Waals surface area contributed by atoms with Crippen LogP contribution in [0.4, 0.5) is 0 Å². The topological polar surface area (TPSA) is 26.3 Å². The minimum atomic E-state index is -0.380. The normalized spacial score (nSPS) is 9.69. The molecule has 4 heteroatoms. The van der Waals surface area contributed by atoms with E-state index in [-0.39, 0.29) is 11.7 Å². The van der Waals surface area contributed by atoms with E-state index in [2.05, 4.69) is 15.9 Å². The third-order valence-corrected chi connectivity index (χ3v) is 2.05. The Balaban J connectivity index is 2.41. The number of halogens is 2. The van der Waals surface area contributed by atoms with Gasteiger partial charge in [0, 0.05) is 4.47 Å². The molecule has 1 rings (SSSR count). The standard InChI is InChI=1S/C9H8BrClO2/c10-7-2-1-3-8(6-7)13-5-4-9(11)12/h1-3,6H,4-5H2. The van der Waals surface area contributed by atoms with Gasteiger partial charge in [0.05, 0.1) is 13.0 Å². The van der Waals surface area contributed by atoms with Gasteiger partial charge in [-0.15, -0.1) is 0 Å². The maximum Gasteiger partial charge on any atom is 0.225 e. The Hall–Kier alpha value is -0.540. The smallest absolute Gasteiger partial charge is 0.225 e. The van der Waals surface area contributed by atoms with Crippen molar-refractivity contribution in [2.24, 2.45) is 0 Å². The maximum atomic E-state index is 10.4. The lowest BCUT2D eigenvalue weighted by Crippen LogP contribution is -2.00. The molecule has 13 heavy (non-hydrogen) atoms. The molecule has 70 valence electrons. The Bertz CT molecular complexity index is 301. The molecule has 0 atom stereocenters. The zero-order valence-corrected chi connectivity index (χ0v) is 9.14. The van der Waals surface area contributed by atoms with Crippen LogP contribution >= 0.6 is 27.5 Å². The number of hydrogen-bond acceptors (Lipinski definition) is 2. The summed E-state index contributed by atoms with van der Waals surface area (Å²) in [6.45, 7) is 0.318. The van der Waals surface area contributed by atoms with Crippen molar-refractivity contribution < 1.29 is 9.53 Å². The second-order valence-electron chi connectivity index (χ2n) is 2.41. The molecule has 0 aliphatic rings. The summed E-state index contributed by atoms with van der Waals surface area (Å²) in [7, 11) is 0. The van der Waals surface area contributed by atoms with Crippen LogP contribution in [0.1, 0.15) is 6.42 Å². The zero-order valence-electron chi connectivity index (χ0n) is 6.80. The molecule has 0 aliphatic heterocycles. The molecule has 0 unspecified atom stereocenters. The Morgan fingerprint density at radius 1 is 1.54 bits per heavy atom. The van der Waals surface area contributed by atoms with Gasteiger partial charge in [-0.3, -0.25) is 4.79 Å². The number of benzene rings is 1. The van der Waals surface area contributed by atoms with Crippen LogP contribution < -0.4 is 4.74 Å². The predicted octanol–water partition coefficient (Wildman–Crippen LogP) is 2.98. The monoisotopic (exact) mass is 262 g/mol. The zero-order chi connectivity index (χ0) is 9.68. The highest BCUT2D eigenvalue weighted by molar-refractivity contribution is 9.10. The molecule has 0 saturated heterocycles. The molecule has 2 nitrogen and oxygen atoms in total. The molecule has 1 aromatic carbocycles. The fourth-order valence-electron chi connectivity index (χ4n) is 0.806. The van der Waals surface area contributed by atoms with E-state index in [1.807, 2.05) is 24.3 Å². The molecular weight excluding hydrogens is 255 g/mol. The molecule has 0 fully saturated rings. The summed E-state index contributed by atoms with van der Waals surface area (Å²) in [5.41, 5.74) is 0. The first-order valence-electron chi connectivity index (χ1n) is 3.75. The number of hydrogen-bond donors (Lipinski definition) is 0. The van der Waals surface area contributed by atoms with E-state index in [0.717, 1.165) is 10.2 Å². The minimum absolute atomic E-state index is 0.230. The summed E-state index contributed by atoms with van der Waals surface area (Å²) < 4.78 is 6.21. The van der Waals surface area contributed by atoms with Crippen molar-refractivity contribution in [3.8, 4) is 5.75 Å². The van der Waals surface area contributed by atoms with Gasteiger partial charge in [0.25, 0.3) is 0 Å². The van der Waals surface area contributed by atoms with Crippen molar-refractivity contribution in [3.05, 3.63) is 28.7 Å². The molecule has 0 bridgehead atoms. The van der Waals surface area contributed by atoms with Gasteiger partial charge in [-0.25, -0.2) is 0 Å². The number of carbonyl (C=O) groups is 1. The highest BCUT2D eigenvalue weighted by atomic mass is 79.9. The van der Waals surface area contributed by atoms with Gasteiger partial charge in [0.1, 0.15) is 5.75 Å². The SMILES string of the molecule is O=C(Cl)CCOc1cccc(Br)c1. The van der Waals surface area contributed by atoms with Crippen LogP contribution in [0.2, 0.25) is 0 Å². The fraction of sp³-hybridized carbons (Fsp3) is 0.222. The van der Waals surface area contributed by atoms with Gasteiger partial charge in [0.2, 0.25) is 5.24 Å². The third-order valence-electron chi connectivity index (χ3n) is 1.36. The molecule has 0 amide bonds. The first-order valence-corrected chi connectivity index (χ1v) is 4.92. The van der Waals surface area contributed by atoms with Crippen LogP contribution in [-0.4, -0.2) is 11.8 Å². The van der Waals surface area contributed by atoms with Gasteiger partial charge in [-0.2, -0.15) is 0 Å². The second-order valence-corrected chi connectivity index (χ2v) is 3.75. The van der Waals surface area contributed by atoms with Crippen LogP contribution in [-0.2, 0) is 4.79 Å². The van der Waals surface area contributed by atoms with E-state index >= 15 is 0 Å². The Labute approximate surface area is 90.0 Å². The number of rotatable bonds is 4. The van der Waals surface area contributed by atoms with Crippen LogP contribution in [0, 0.1) is 0 Å². The Morgan fingerprint density at radius 2 is 2.31 bits per heavy atom. The van der Waals surface area contributed by atoms with E-state index in [9.17, 15) is 4.79 Å². The van der Waals surface area contributed by atoms with Crippen LogP contribution in [0.3, 0.4) is 0 Å². The summed E-state index contributed by atoms with van der Waals surface area (Å²) in [4.78, 5) is 10.4. The average Bonchev–Trinajstić information content (AvgIpc) is 2.03. The van der Waals surface area contributed by atoms with Crippen LogP contribution in [0.15, 0.2) is 28.7 Å². The van der Waals surface area contributed by atoms with E-state index in [1.165, 1.54) is 0 Å². The Kier molecular flexibility index (Phi) is 4.25. The second kappa shape index (κ2) is 5.25. The van der Waals surface area contributed by atoms with Gasteiger partial charge < -0.3 is 4.74 Å². The van der Waals surface area contributed by atoms with Crippen molar-refractivity contribution >= 4 is 32.8 Å². The average molecular weight is 264 g/mol. The van der Waals surface area contributed by atoms with E-state index in [0.29, 0.717) is 6.61 Å². The van der Waals surface area contributed by atoms with Crippen LogP contribution in [0.25, 0.3) is 0 Å². The lowest BCUT2D eigenvalue weighted by atomic mass is 10.3. The van der Waals surface area contributed by atoms with Gasteiger partial charge in [0.15, 0.2) is 0 Å². The van der Waals surface area contributed by atoms with Crippen LogP contribution in [0.5, 0.6) is 5.75 Å². The lowest BCUT2D eigenvalue weighted by Gasteiger charge is -2.03. The Morgan fingerprint density at radius 3 is 2.92 bits per heavy atom. The van der Waals surface area contributed by atoms with Crippen molar-refractivity contribution in [1.29, 1.82) is 0 Å². The first kappa shape index (κ1) is 10.5. The molecule has 0 aromatic heterocycles. The van der Waals surface area contributed by atoms with E-state index < -0.39 is 0 Å². The first-order chi connectivity index (χ1) is 6.18. The van der Waals surface area contributed by atoms with Gasteiger partial charge in [-0.05, 0) is 29.8 Å². The maximum absolute atomic E-state index is 10.4. The molecule has 0 radical (unpaired) electrons. The highest BCUT2D eigenvalue weighted by Gasteiger charge is 1.97. The molecule has 0 spiro atoms. The predicted molar refractivity (Wildman–Crippen MR) is 55.1 cm³/mol. The van der Waals surface area contributed by atoms with Crippen molar-refractivity contribution in [1.82, 2.24) is 0 Å². The lowest BCUT2D eigenvalue weighted by molar-refractivity contribution is -0.112. The molecule has 0 aliphatic carbocycles. The summed E-state index contributed by atoms with van der Waals surface area (Å²) >= 11 is 8.46. The quantitative estimate of drug-likeness (QED) is 0.781. The highest BCUT2D eigenvalue weighted by Crippen LogP contribution is 2.17. The fourth-order valence-corrected chi connectivity index (χ4v) is 1.26. The molecule has 0 N–H and O–H groups in total. The summed E-state index contributed by atoms with van der Waals surface area (Å²) in [5, 5.41) is -0.380. The van der Waals surface area contributed by atoms with Crippen molar-refractivity contribution in [2.75, 3.05) is 6.61 Å². The number of carbonyl (C=O) groups excluding carboxylic acids is 1. The minimum Gasteiger partial charge on any atom is -0.493 e. The molecule has 0 saturated carbocycles. The van der Waals surface area contributed by atoms with Crippen molar-refractivity contribution in [2.45, 2.75) is 6.42 Å². The van der Waals surface area contributed by atoms with Crippen molar-refractivity contribution in [3.63, 3.8) is 0 Å².